The lowest BCUT2D eigenvalue weighted by molar-refractivity contribution is -0.0497. The van der Waals surface area contributed by atoms with Crippen molar-refractivity contribution in [1.29, 1.82) is 0 Å². The van der Waals surface area contributed by atoms with Crippen molar-refractivity contribution in [2.45, 2.75) is 51.0 Å². The molecule has 18 heavy (non-hydrogen) atoms. The van der Waals surface area contributed by atoms with E-state index in [0.717, 1.165) is 31.7 Å². The van der Waals surface area contributed by atoms with Gasteiger partial charge in [-0.1, -0.05) is 38.3 Å². The van der Waals surface area contributed by atoms with Crippen LogP contribution in [0.3, 0.4) is 0 Å². The summed E-state index contributed by atoms with van der Waals surface area (Å²) in [5.74, 6) is -1.46. The molecule has 0 aliphatic heterocycles. The second-order valence-electron chi connectivity index (χ2n) is 5.34. The number of benzene rings is 1. The molecule has 0 aromatic heterocycles. The Kier molecular flexibility index (Phi) is 4.00. The highest BCUT2D eigenvalue weighted by Crippen LogP contribution is 2.38. The number of halogens is 2. The molecule has 2 rings (SSSR count). The van der Waals surface area contributed by atoms with Crippen LogP contribution in [0.5, 0.6) is 0 Å². The smallest absolute Gasteiger partial charge is 0.162 e. The molecule has 1 aromatic carbocycles. The first-order valence-corrected chi connectivity index (χ1v) is 6.72. The molecule has 0 saturated heterocycles. The predicted octanol–water partition coefficient (Wildman–Crippen LogP) is 3.84. The van der Waals surface area contributed by atoms with Gasteiger partial charge >= 0.3 is 0 Å². The van der Waals surface area contributed by atoms with E-state index in [9.17, 15) is 13.9 Å². The van der Waals surface area contributed by atoms with E-state index in [1.54, 1.807) is 6.07 Å². The zero-order valence-electron chi connectivity index (χ0n) is 10.8. The third-order valence-electron chi connectivity index (χ3n) is 4.19. The van der Waals surface area contributed by atoms with Crippen LogP contribution in [0.15, 0.2) is 18.2 Å². The minimum absolute atomic E-state index is 0.189. The average Bonchev–Trinajstić information content (AvgIpc) is 2.35. The largest absolute Gasteiger partial charge is 0.389 e. The number of hydrogen-bond acceptors (Lipinski definition) is 1. The fourth-order valence-electron chi connectivity index (χ4n) is 3.13. The van der Waals surface area contributed by atoms with Crippen molar-refractivity contribution in [3.8, 4) is 0 Å². The summed E-state index contributed by atoms with van der Waals surface area (Å²) in [6.07, 6.45) is 4.84. The number of hydrogen-bond donors (Lipinski definition) is 1. The van der Waals surface area contributed by atoms with Gasteiger partial charge in [-0.05, 0) is 30.4 Å². The Bertz CT molecular complexity index is 419. The summed E-state index contributed by atoms with van der Waals surface area (Å²) < 4.78 is 26.9. The standard InChI is InChI=1S/C15H20F2O/c1-2-12-7-3-4-9-15(12,18)10-11-6-5-8-13(16)14(11)17/h5-6,8,12,18H,2-4,7,9-10H2,1H3. The highest BCUT2D eigenvalue weighted by atomic mass is 19.2. The van der Waals surface area contributed by atoms with Gasteiger partial charge in [0.25, 0.3) is 0 Å². The minimum atomic E-state index is -0.873. The van der Waals surface area contributed by atoms with E-state index < -0.39 is 17.2 Å². The molecule has 0 spiro atoms. The summed E-state index contributed by atoms with van der Waals surface area (Å²) in [6, 6.07) is 4.18. The zero-order chi connectivity index (χ0) is 13.2. The van der Waals surface area contributed by atoms with Crippen molar-refractivity contribution >= 4 is 0 Å². The molecule has 1 saturated carbocycles. The monoisotopic (exact) mass is 254 g/mol. The van der Waals surface area contributed by atoms with Gasteiger partial charge in [0.05, 0.1) is 5.60 Å². The maximum absolute atomic E-state index is 13.7. The van der Waals surface area contributed by atoms with E-state index in [0.29, 0.717) is 6.42 Å². The zero-order valence-corrected chi connectivity index (χ0v) is 10.8. The predicted molar refractivity (Wildman–Crippen MR) is 67.3 cm³/mol. The number of rotatable bonds is 3. The third-order valence-corrected chi connectivity index (χ3v) is 4.19. The maximum Gasteiger partial charge on any atom is 0.162 e. The summed E-state index contributed by atoms with van der Waals surface area (Å²) in [4.78, 5) is 0. The molecular formula is C15H20F2O. The number of aliphatic hydroxyl groups is 1. The summed E-state index contributed by atoms with van der Waals surface area (Å²) in [5, 5.41) is 10.7. The molecule has 2 atom stereocenters. The van der Waals surface area contributed by atoms with Gasteiger partial charge in [0, 0.05) is 6.42 Å². The molecule has 2 unspecified atom stereocenters. The molecule has 0 bridgehead atoms. The fourth-order valence-corrected chi connectivity index (χ4v) is 3.13. The third kappa shape index (κ3) is 2.56. The van der Waals surface area contributed by atoms with Crippen molar-refractivity contribution in [3.05, 3.63) is 35.4 Å². The lowest BCUT2D eigenvalue weighted by atomic mass is 9.71. The van der Waals surface area contributed by atoms with Crippen LogP contribution in [0.25, 0.3) is 0 Å². The van der Waals surface area contributed by atoms with Gasteiger partial charge in [0.1, 0.15) is 0 Å². The normalized spacial score (nSPS) is 28.3. The first-order chi connectivity index (χ1) is 8.57. The summed E-state index contributed by atoms with van der Waals surface area (Å²) in [7, 11) is 0. The maximum atomic E-state index is 13.7. The van der Waals surface area contributed by atoms with E-state index in [2.05, 4.69) is 0 Å². The summed E-state index contributed by atoms with van der Waals surface area (Å²) in [5.41, 5.74) is -0.584. The van der Waals surface area contributed by atoms with Crippen molar-refractivity contribution in [2.24, 2.45) is 5.92 Å². The molecule has 100 valence electrons. The SMILES string of the molecule is CCC1CCCCC1(O)Cc1cccc(F)c1F. The van der Waals surface area contributed by atoms with Crippen LogP contribution in [0, 0.1) is 17.6 Å². The van der Waals surface area contributed by atoms with E-state index in [1.807, 2.05) is 6.92 Å². The molecule has 1 N–H and O–H groups in total. The van der Waals surface area contributed by atoms with Crippen molar-refractivity contribution in [2.75, 3.05) is 0 Å². The van der Waals surface area contributed by atoms with Crippen LogP contribution < -0.4 is 0 Å². The lowest BCUT2D eigenvalue weighted by Gasteiger charge is -2.40. The molecule has 0 radical (unpaired) electrons. The van der Waals surface area contributed by atoms with Crippen LogP contribution in [-0.2, 0) is 6.42 Å². The van der Waals surface area contributed by atoms with Crippen LogP contribution in [0.1, 0.15) is 44.6 Å². The van der Waals surface area contributed by atoms with E-state index >= 15 is 0 Å². The van der Waals surface area contributed by atoms with Gasteiger partial charge in [-0.2, -0.15) is 0 Å². The average molecular weight is 254 g/mol. The van der Waals surface area contributed by atoms with Crippen molar-refractivity contribution in [1.82, 2.24) is 0 Å². The molecule has 1 aromatic rings. The molecule has 1 fully saturated rings. The van der Waals surface area contributed by atoms with Crippen LogP contribution >= 0.6 is 0 Å². The van der Waals surface area contributed by atoms with Crippen LogP contribution in [0.2, 0.25) is 0 Å². The Morgan fingerprint density at radius 1 is 1.33 bits per heavy atom. The summed E-state index contributed by atoms with van der Waals surface area (Å²) >= 11 is 0. The van der Waals surface area contributed by atoms with Gasteiger partial charge in [0.15, 0.2) is 11.6 Å². The minimum Gasteiger partial charge on any atom is -0.389 e. The Balaban J connectivity index is 2.23. The molecule has 1 aliphatic rings. The molecule has 0 amide bonds. The highest BCUT2D eigenvalue weighted by Gasteiger charge is 2.38. The Morgan fingerprint density at radius 2 is 2.11 bits per heavy atom. The van der Waals surface area contributed by atoms with Gasteiger partial charge in [-0.3, -0.25) is 0 Å². The molecule has 3 heteroatoms. The van der Waals surface area contributed by atoms with Gasteiger partial charge in [-0.15, -0.1) is 0 Å². The van der Waals surface area contributed by atoms with E-state index in [4.69, 9.17) is 0 Å². The van der Waals surface area contributed by atoms with E-state index in [-0.39, 0.29) is 17.9 Å². The van der Waals surface area contributed by atoms with Crippen molar-refractivity contribution < 1.29 is 13.9 Å². The Morgan fingerprint density at radius 3 is 2.83 bits per heavy atom. The Hall–Kier alpha value is -0.960. The first kappa shape index (κ1) is 13.5. The quantitative estimate of drug-likeness (QED) is 0.869. The van der Waals surface area contributed by atoms with Crippen LogP contribution in [-0.4, -0.2) is 10.7 Å². The first-order valence-electron chi connectivity index (χ1n) is 6.72. The summed E-state index contributed by atoms with van der Waals surface area (Å²) in [6.45, 7) is 2.04. The second-order valence-corrected chi connectivity index (χ2v) is 5.34. The molecule has 1 nitrogen and oxygen atoms in total. The highest BCUT2D eigenvalue weighted by molar-refractivity contribution is 5.21. The molecular weight excluding hydrogens is 234 g/mol. The second kappa shape index (κ2) is 5.35. The van der Waals surface area contributed by atoms with Gasteiger partial charge < -0.3 is 5.11 Å². The Labute approximate surface area is 107 Å². The topological polar surface area (TPSA) is 20.2 Å². The van der Waals surface area contributed by atoms with Gasteiger partial charge in [0.2, 0.25) is 0 Å². The van der Waals surface area contributed by atoms with E-state index in [1.165, 1.54) is 6.07 Å². The van der Waals surface area contributed by atoms with Gasteiger partial charge in [-0.25, -0.2) is 8.78 Å². The fraction of sp³-hybridized carbons (Fsp3) is 0.600. The van der Waals surface area contributed by atoms with Crippen LogP contribution in [0.4, 0.5) is 8.78 Å². The molecule has 0 heterocycles. The van der Waals surface area contributed by atoms with Crippen molar-refractivity contribution in [3.63, 3.8) is 0 Å². The molecule has 1 aliphatic carbocycles. The lowest BCUT2D eigenvalue weighted by Crippen LogP contribution is -2.42.